The van der Waals surface area contributed by atoms with Crippen LogP contribution in [-0.4, -0.2) is 56.3 Å². The van der Waals surface area contributed by atoms with Crippen molar-refractivity contribution >= 4 is 46.0 Å². The number of hydrogen-bond donors (Lipinski definition) is 1. The number of ether oxygens (including phenoxy) is 3. The number of methoxy groups -OCH3 is 3. The minimum absolute atomic E-state index is 0.0293. The normalized spacial score (nSPS) is 15.9. The summed E-state index contributed by atoms with van der Waals surface area (Å²) in [4.78, 5) is 26.7. The maximum atomic E-state index is 12.9. The molecule has 0 saturated carbocycles. The number of nitrogens with one attached hydrogen (secondary N) is 1. The molecule has 146 valence electrons. The number of fused-ring (bicyclic) bond motifs is 1. The van der Waals surface area contributed by atoms with E-state index in [1.807, 2.05) is 24.3 Å². The Kier molecular flexibility index (Phi) is 5.91. The molecule has 1 N–H and O–H groups in total. The van der Waals surface area contributed by atoms with Crippen LogP contribution in [0.1, 0.15) is 5.56 Å². The van der Waals surface area contributed by atoms with Gasteiger partial charge in [0.05, 0.1) is 27.4 Å². The second-order valence-electron chi connectivity index (χ2n) is 6.04. The van der Waals surface area contributed by atoms with Crippen LogP contribution in [0, 0.1) is 0 Å². The second kappa shape index (κ2) is 8.37. The largest absolute Gasteiger partial charge is 0.497 e. The molecule has 0 unspecified atom stereocenters. The maximum Gasteiger partial charge on any atom is 0.265 e. The van der Waals surface area contributed by atoms with Crippen LogP contribution in [0.3, 0.4) is 0 Å². The van der Waals surface area contributed by atoms with Crippen LogP contribution in [0.4, 0.5) is 0 Å². The van der Waals surface area contributed by atoms with E-state index in [9.17, 15) is 9.59 Å². The van der Waals surface area contributed by atoms with Crippen molar-refractivity contribution in [1.29, 1.82) is 0 Å². The highest BCUT2D eigenvalue weighted by Gasteiger charge is 2.33. The first-order valence-corrected chi connectivity index (χ1v) is 8.93. The number of nitrogens with zero attached hydrogens (tertiary/aromatic N) is 1. The summed E-state index contributed by atoms with van der Waals surface area (Å²) in [6.07, 6.45) is 1.53. The van der Waals surface area contributed by atoms with Crippen molar-refractivity contribution in [2.75, 3.05) is 34.5 Å². The number of hydrogen-bond acceptors (Lipinski definition) is 6. The van der Waals surface area contributed by atoms with Crippen LogP contribution in [0.5, 0.6) is 11.5 Å². The third kappa shape index (κ3) is 3.69. The van der Waals surface area contributed by atoms with Gasteiger partial charge in [0.1, 0.15) is 17.1 Å². The zero-order valence-electron chi connectivity index (χ0n) is 15.8. The van der Waals surface area contributed by atoms with E-state index in [0.717, 1.165) is 10.8 Å². The van der Waals surface area contributed by atoms with Gasteiger partial charge in [-0.1, -0.05) is 12.1 Å². The van der Waals surface area contributed by atoms with Gasteiger partial charge in [-0.15, -0.1) is 0 Å². The molecule has 0 radical (unpaired) electrons. The fourth-order valence-corrected chi connectivity index (χ4v) is 3.25. The summed E-state index contributed by atoms with van der Waals surface area (Å²) in [6, 6.07) is 9.27. The molecule has 0 atom stereocenters. The van der Waals surface area contributed by atoms with Crippen LogP contribution in [-0.2, 0) is 14.3 Å². The first-order chi connectivity index (χ1) is 13.5. The summed E-state index contributed by atoms with van der Waals surface area (Å²) in [7, 11) is 4.64. The van der Waals surface area contributed by atoms with Crippen molar-refractivity contribution < 1.29 is 23.8 Å². The summed E-state index contributed by atoms with van der Waals surface area (Å²) in [5.41, 5.74) is 0.579. The molecule has 0 spiro atoms. The summed E-state index contributed by atoms with van der Waals surface area (Å²) in [5, 5.41) is 4.34. The van der Waals surface area contributed by atoms with Crippen molar-refractivity contribution in [3.63, 3.8) is 0 Å². The Morgan fingerprint density at radius 1 is 1.11 bits per heavy atom. The molecule has 1 heterocycles. The molecule has 2 amide bonds. The average molecular weight is 400 g/mol. The van der Waals surface area contributed by atoms with E-state index in [2.05, 4.69) is 5.32 Å². The molecular weight excluding hydrogens is 380 g/mol. The molecule has 28 heavy (non-hydrogen) atoms. The molecule has 3 rings (SSSR count). The number of carbonyl (C=O) groups is 2. The number of thiocarbonyl (C=S) groups is 1. The molecule has 7 nitrogen and oxygen atoms in total. The van der Waals surface area contributed by atoms with Crippen molar-refractivity contribution in [1.82, 2.24) is 10.2 Å². The van der Waals surface area contributed by atoms with Crippen LogP contribution in [0.25, 0.3) is 16.8 Å². The Morgan fingerprint density at radius 2 is 1.86 bits per heavy atom. The lowest BCUT2D eigenvalue weighted by molar-refractivity contribution is -0.129. The van der Waals surface area contributed by atoms with Gasteiger partial charge < -0.3 is 14.2 Å². The zero-order chi connectivity index (χ0) is 20.3. The van der Waals surface area contributed by atoms with Gasteiger partial charge in [-0.05, 0) is 47.3 Å². The van der Waals surface area contributed by atoms with Gasteiger partial charge in [-0.3, -0.25) is 19.8 Å². The molecule has 0 aliphatic carbocycles. The molecule has 1 aliphatic rings. The number of rotatable bonds is 6. The lowest BCUT2D eigenvalue weighted by atomic mass is 9.99. The zero-order valence-corrected chi connectivity index (χ0v) is 16.6. The Bertz CT molecular complexity index is 981. The van der Waals surface area contributed by atoms with E-state index in [-0.39, 0.29) is 17.2 Å². The lowest BCUT2D eigenvalue weighted by Crippen LogP contribution is -2.54. The number of amides is 2. The van der Waals surface area contributed by atoms with Gasteiger partial charge in [0, 0.05) is 12.7 Å². The van der Waals surface area contributed by atoms with E-state index >= 15 is 0 Å². The molecule has 0 bridgehead atoms. The summed E-state index contributed by atoms with van der Waals surface area (Å²) in [5.74, 6) is 0.159. The summed E-state index contributed by atoms with van der Waals surface area (Å²) < 4.78 is 15.8. The smallest absolute Gasteiger partial charge is 0.265 e. The highest BCUT2D eigenvalue weighted by Crippen LogP contribution is 2.33. The van der Waals surface area contributed by atoms with Gasteiger partial charge in [-0.2, -0.15) is 0 Å². The molecule has 0 aromatic heterocycles. The summed E-state index contributed by atoms with van der Waals surface area (Å²) in [6.45, 7) is 0.538. The maximum absolute atomic E-state index is 12.9. The SMILES string of the molecule is COCCN1C(=O)/C(=C/c2c(OC)ccc3ccc(OC)cc23)C(=O)NC1=S. The fourth-order valence-electron chi connectivity index (χ4n) is 2.98. The fraction of sp³-hybridized carbons (Fsp3) is 0.250. The van der Waals surface area contributed by atoms with Gasteiger partial charge >= 0.3 is 0 Å². The Morgan fingerprint density at radius 3 is 2.54 bits per heavy atom. The highest BCUT2D eigenvalue weighted by molar-refractivity contribution is 7.80. The molecule has 2 aromatic rings. The van der Waals surface area contributed by atoms with Crippen molar-refractivity contribution in [3.05, 3.63) is 41.5 Å². The Labute approximate surface area is 167 Å². The topological polar surface area (TPSA) is 77.1 Å². The average Bonchev–Trinajstić information content (AvgIpc) is 2.70. The summed E-state index contributed by atoms with van der Waals surface area (Å²) >= 11 is 5.12. The van der Waals surface area contributed by atoms with E-state index in [1.165, 1.54) is 25.2 Å². The molecule has 1 aliphatic heterocycles. The van der Waals surface area contributed by atoms with Crippen LogP contribution < -0.4 is 14.8 Å². The van der Waals surface area contributed by atoms with Crippen LogP contribution >= 0.6 is 12.2 Å². The molecule has 2 aromatic carbocycles. The van der Waals surface area contributed by atoms with E-state index in [4.69, 9.17) is 26.4 Å². The van der Waals surface area contributed by atoms with E-state index in [0.29, 0.717) is 23.7 Å². The molecule has 8 heteroatoms. The van der Waals surface area contributed by atoms with E-state index < -0.39 is 11.8 Å². The Hall–Kier alpha value is -2.97. The predicted molar refractivity (Wildman–Crippen MR) is 109 cm³/mol. The third-order valence-corrected chi connectivity index (χ3v) is 4.77. The van der Waals surface area contributed by atoms with Gasteiger partial charge in [0.25, 0.3) is 11.8 Å². The number of carbonyl (C=O) groups excluding carboxylic acids is 2. The van der Waals surface area contributed by atoms with E-state index in [1.54, 1.807) is 13.2 Å². The van der Waals surface area contributed by atoms with Gasteiger partial charge in [0.2, 0.25) is 0 Å². The highest BCUT2D eigenvalue weighted by atomic mass is 32.1. The molecular formula is C20H20N2O5S. The standard InChI is InChI=1S/C20H20N2O5S/c1-25-9-8-22-19(24)16(18(23)21-20(22)28)11-15-14-10-13(26-2)6-4-12(14)5-7-17(15)27-3/h4-7,10-11H,8-9H2,1-3H3,(H,21,23,28)/b16-11+. The first kappa shape index (κ1) is 19.8. The third-order valence-electron chi connectivity index (χ3n) is 4.44. The van der Waals surface area contributed by atoms with Crippen LogP contribution in [0.15, 0.2) is 35.9 Å². The molecule has 1 saturated heterocycles. The van der Waals surface area contributed by atoms with Crippen molar-refractivity contribution in [2.45, 2.75) is 0 Å². The second-order valence-corrected chi connectivity index (χ2v) is 6.42. The van der Waals surface area contributed by atoms with Gasteiger partial charge in [0.15, 0.2) is 5.11 Å². The quantitative estimate of drug-likeness (QED) is 0.455. The number of benzene rings is 2. The minimum atomic E-state index is -0.550. The van der Waals surface area contributed by atoms with Crippen molar-refractivity contribution in [3.8, 4) is 11.5 Å². The first-order valence-electron chi connectivity index (χ1n) is 8.52. The van der Waals surface area contributed by atoms with Crippen LogP contribution in [0.2, 0.25) is 0 Å². The Balaban J connectivity index is 2.15. The molecule has 1 fully saturated rings. The van der Waals surface area contributed by atoms with Crippen molar-refractivity contribution in [2.24, 2.45) is 0 Å². The lowest BCUT2D eigenvalue weighted by Gasteiger charge is -2.28. The monoisotopic (exact) mass is 400 g/mol. The predicted octanol–water partition coefficient (Wildman–Crippen LogP) is 2.13. The minimum Gasteiger partial charge on any atom is -0.497 e. The van der Waals surface area contributed by atoms with Gasteiger partial charge in [-0.25, -0.2) is 0 Å².